The summed E-state index contributed by atoms with van der Waals surface area (Å²) >= 11 is 0. The third kappa shape index (κ3) is 6.32. The number of carbonyl (C=O) groups is 1. The molecule has 1 amide bonds. The van der Waals surface area contributed by atoms with Crippen LogP contribution in [0.25, 0.3) is 0 Å². The van der Waals surface area contributed by atoms with Crippen molar-refractivity contribution < 1.29 is 13.2 Å². The number of likely N-dealkylation sites (N-methyl/N-ethyl adjacent to an activating group) is 1. The molecule has 0 spiro atoms. The zero-order valence-electron chi connectivity index (χ0n) is 13.2. The van der Waals surface area contributed by atoms with E-state index in [4.69, 9.17) is 5.73 Å². The number of hydrogen-bond donors (Lipinski definition) is 2. The van der Waals surface area contributed by atoms with E-state index in [-0.39, 0.29) is 11.7 Å². The third-order valence-corrected chi connectivity index (χ3v) is 5.88. The van der Waals surface area contributed by atoms with Gasteiger partial charge in [-0.25, -0.2) is 8.42 Å². The maximum Gasteiger partial charge on any atom is 0.237 e. The predicted octanol–water partition coefficient (Wildman–Crippen LogP) is 0.131. The predicted molar refractivity (Wildman–Crippen MR) is 84.8 cm³/mol. The molecule has 1 saturated heterocycles. The smallest absolute Gasteiger partial charge is 0.237 e. The van der Waals surface area contributed by atoms with Gasteiger partial charge in [0.1, 0.15) is 0 Å². The number of nitrogens with zero attached hydrogens (tertiary/aromatic N) is 1. The van der Waals surface area contributed by atoms with E-state index >= 15 is 0 Å². The molecule has 0 aromatic heterocycles. The standard InChI is InChI=1S/C14H29N3O3S/c1-3-16-14(2,13(15)18)7-4-5-8-17-9-6-11-21(19,20)12-10-17/h16H,3-12H2,1-2H3,(H2,15,18). The van der Waals surface area contributed by atoms with Crippen LogP contribution in [0, 0.1) is 0 Å². The Morgan fingerprint density at radius 2 is 2.00 bits per heavy atom. The fraction of sp³-hybridized carbons (Fsp3) is 0.929. The normalized spacial score (nSPS) is 22.4. The Labute approximate surface area is 128 Å². The quantitative estimate of drug-likeness (QED) is 0.620. The van der Waals surface area contributed by atoms with E-state index in [0.29, 0.717) is 25.3 Å². The minimum Gasteiger partial charge on any atom is -0.368 e. The van der Waals surface area contributed by atoms with Crippen LogP contribution in [0.2, 0.25) is 0 Å². The van der Waals surface area contributed by atoms with Gasteiger partial charge < -0.3 is 16.0 Å². The largest absolute Gasteiger partial charge is 0.368 e. The van der Waals surface area contributed by atoms with E-state index in [9.17, 15) is 13.2 Å². The highest BCUT2D eigenvalue weighted by molar-refractivity contribution is 7.91. The first kappa shape index (κ1) is 18.4. The molecule has 7 heteroatoms. The number of nitrogens with one attached hydrogen (secondary N) is 1. The van der Waals surface area contributed by atoms with Crippen LogP contribution in [-0.4, -0.2) is 62.4 Å². The van der Waals surface area contributed by atoms with Crippen LogP contribution < -0.4 is 11.1 Å². The topological polar surface area (TPSA) is 92.5 Å². The maximum atomic E-state index is 11.5. The molecule has 1 aliphatic heterocycles. The number of primary amides is 1. The van der Waals surface area contributed by atoms with Gasteiger partial charge in [0.25, 0.3) is 0 Å². The van der Waals surface area contributed by atoms with Crippen LogP contribution >= 0.6 is 0 Å². The van der Waals surface area contributed by atoms with Crippen LogP contribution in [0.3, 0.4) is 0 Å². The van der Waals surface area contributed by atoms with Crippen molar-refractivity contribution in [2.75, 3.05) is 37.7 Å². The summed E-state index contributed by atoms with van der Waals surface area (Å²) in [6.07, 6.45) is 3.28. The van der Waals surface area contributed by atoms with Gasteiger partial charge in [-0.2, -0.15) is 0 Å². The van der Waals surface area contributed by atoms with Crippen molar-refractivity contribution in [3.63, 3.8) is 0 Å². The first-order valence-corrected chi connectivity index (χ1v) is 9.59. The van der Waals surface area contributed by atoms with Crippen molar-refractivity contribution >= 4 is 15.7 Å². The van der Waals surface area contributed by atoms with Crippen LogP contribution in [0.1, 0.15) is 39.5 Å². The van der Waals surface area contributed by atoms with Gasteiger partial charge in [-0.15, -0.1) is 0 Å². The summed E-state index contributed by atoms with van der Waals surface area (Å²) in [6.45, 7) is 6.87. The van der Waals surface area contributed by atoms with Crippen molar-refractivity contribution in [1.29, 1.82) is 0 Å². The Kier molecular flexibility index (Phi) is 7.09. The molecule has 0 bridgehead atoms. The van der Waals surface area contributed by atoms with E-state index in [1.807, 2.05) is 13.8 Å². The summed E-state index contributed by atoms with van der Waals surface area (Å²) in [4.78, 5) is 13.7. The molecule has 21 heavy (non-hydrogen) atoms. The van der Waals surface area contributed by atoms with Gasteiger partial charge in [0.2, 0.25) is 5.91 Å². The summed E-state index contributed by atoms with van der Waals surface area (Å²) in [7, 11) is -2.84. The van der Waals surface area contributed by atoms with Gasteiger partial charge in [0.05, 0.1) is 17.0 Å². The van der Waals surface area contributed by atoms with Crippen molar-refractivity contribution in [2.45, 2.75) is 45.1 Å². The first-order valence-electron chi connectivity index (χ1n) is 7.77. The molecule has 1 unspecified atom stereocenters. The van der Waals surface area contributed by atoms with E-state index in [1.54, 1.807) is 0 Å². The fourth-order valence-corrected chi connectivity index (χ4v) is 4.03. The number of rotatable bonds is 8. The molecular weight excluding hydrogens is 290 g/mol. The Morgan fingerprint density at radius 1 is 1.29 bits per heavy atom. The number of carbonyl (C=O) groups excluding carboxylic acids is 1. The fourth-order valence-electron chi connectivity index (χ4n) is 2.72. The lowest BCUT2D eigenvalue weighted by molar-refractivity contribution is -0.124. The van der Waals surface area contributed by atoms with Crippen LogP contribution in [0.5, 0.6) is 0 Å². The summed E-state index contributed by atoms with van der Waals surface area (Å²) in [5.41, 5.74) is 4.81. The summed E-state index contributed by atoms with van der Waals surface area (Å²) in [5.74, 6) is 0.262. The van der Waals surface area contributed by atoms with E-state index in [1.165, 1.54) is 0 Å². The number of sulfone groups is 1. The lowest BCUT2D eigenvalue weighted by Crippen LogP contribution is -2.53. The lowest BCUT2D eigenvalue weighted by Gasteiger charge is -2.27. The lowest BCUT2D eigenvalue weighted by atomic mass is 9.94. The molecular formula is C14H29N3O3S. The molecule has 0 aromatic carbocycles. The van der Waals surface area contributed by atoms with Gasteiger partial charge in [-0.3, -0.25) is 4.79 Å². The van der Waals surface area contributed by atoms with Crippen LogP contribution in [-0.2, 0) is 14.6 Å². The molecule has 1 fully saturated rings. The Hall–Kier alpha value is -0.660. The van der Waals surface area contributed by atoms with Gasteiger partial charge in [0.15, 0.2) is 9.84 Å². The monoisotopic (exact) mass is 319 g/mol. The van der Waals surface area contributed by atoms with Crippen LogP contribution in [0.15, 0.2) is 0 Å². The van der Waals surface area contributed by atoms with Gasteiger partial charge >= 0.3 is 0 Å². The van der Waals surface area contributed by atoms with Crippen molar-refractivity contribution in [1.82, 2.24) is 10.2 Å². The maximum absolute atomic E-state index is 11.5. The average Bonchev–Trinajstić information content (AvgIpc) is 2.56. The van der Waals surface area contributed by atoms with Crippen molar-refractivity contribution in [3.05, 3.63) is 0 Å². The molecule has 1 atom stereocenters. The van der Waals surface area contributed by atoms with Gasteiger partial charge in [0, 0.05) is 6.54 Å². The molecule has 0 aliphatic carbocycles. The van der Waals surface area contributed by atoms with E-state index < -0.39 is 15.4 Å². The highest BCUT2D eigenvalue weighted by atomic mass is 32.2. The molecule has 6 nitrogen and oxygen atoms in total. The Bertz CT molecular complexity index is 439. The second kappa shape index (κ2) is 8.10. The van der Waals surface area contributed by atoms with Gasteiger partial charge in [-0.05, 0) is 52.2 Å². The Balaban J connectivity index is 2.31. The second-order valence-corrected chi connectivity index (χ2v) is 8.33. The highest BCUT2D eigenvalue weighted by Gasteiger charge is 2.29. The number of hydrogen-bond acceptors (Lipinski definition) is 5. The molecule has 124 valence electrons. The SMILES string of the molecule is CCNC(C)(CCCCN1CCCS(=O)(=O)CC1)C(N)=O. The van der Waals surface area contributed by atoms with Crippen molar-refractivity contribution in [3.8, 4) is 0 Å². The van der Waals surface area contributed by atoms with Crippen LogP contribution in [0.4, 0.5) is 0 Å². The molecule has 1 heterocycles. The van der Waals surface area contributed by atoms with E-state index in [2.05, 4.69) is 10.2 Å². The third-order valence-electron chi connectivity index (χ3n) is 4.16. The second-order valence-electron chi connectivity index (χ2n) is 6.03. The zero-order valence-corrected chi connectivity index (χ0v) is 14.0. The minimum atomic E-state index is -2.84. The first-order chi connectivity index (χ1) is 9.79. The van der Waals surface area contributed by atoms with Crippen molar-refractivity contribution in [2.24, 2.45) is 5.73 Å². The molecule has 1 aliphatic rings. The average molecular weight is 319 g/mol. The summed E-state index contributed by atoms with van der Waals surface area (Å²) in [6, 6.07) is 0. The van der Waals surface area contributed by atoms with Gasteiger partial charge in [-0.1, -0.05) is 6.92 Å². The number of unbranched alkanes of at least 4 members (excludes halogenated alkanes) is 1. The molecule has 3 N–H and O–H groups in total. The zero-order chi connectivity index (χ0) is 15.9. The highest BCUT2D eigenvalue weighted by Crippen LogP contribution is 2.14. The Morgan fingerprint density at radius 3 is 2.62 bits per heavy atom. The van der Waals surface area contributed by atoms with E-state index in [0.717, 1.165) is 32.4 Å². The molecule has 0 radical (unpaired) electrons. The summed E-state index contributed by atoms with van der Waals surface area (Å²) < 4.78 is 23.1. The minimum absolute atomic E-state index is 0.267. The number of nitrogens with two attached hydrogens (primary N) is 1. The molecule has 0 saturated carbocycles. The molecule has 0 aromatic rings. The molecule has 1 rings (SSSR count). The number of amides is 1. The summed E-state index contributed by atoms with van der Waals surface area (Å²) in [5, 5.41) is 3.15.